The maximum atomic E-state index is 13.4. The van der Waals surface area contributed by atoms with Crippen LogP contribution < -0.4 is 4.74 Å². The molecular weight excluding hydrogens is 472 g/mol. The van der Waals surface area contributed by atoms with Gasteiger partial charge in [0.25, 0.3) is 0 Å². The van der Waals surface area contributed by atoms with Crippen LogP contribution in [-0.4, -0.2) is 12.9 Å². The minimum Gasteiger partial charge on any atom is -0.497 e. The Bertz CT molecular complexity index is 1130. The van der Waals surface area contributed by atoms with E-state index in [1.165, 1.54) is 0 Å². The molecule has 27 heavy (non-hydrogen) atoms. The average molecular weight is 486 g/mol. The van der Waals surface area contributed by atoms with Gasteiger partial charge in [0, 0.05) is 25.5 Å². The fourth-order valence-electron chi connectivity index (χ4n) is 2.99. The summed E-state index contributed by atoms with van der Waals surface area (Å²) in [5, 5.41) is 0.781. The normalized spacial score (nSPS) is 10.9. The molecule has 0 fully saturated rings. The molecule has 4 rings (SSSR count). The molecule has 0 spiro atoms. The van der Waals surface area contributed by atoms with Crippen molar-refractivity contribution in [1.82, 2.24) is 0 Å². The third-order valence-corrected chi connectivity index (χ3v) is 5.36. The van der Waals surface area contributed by atoms with Crippen molar-refractivity contribution in [3.63, 3.8) is 0 Å². The summed E-state index contributed by atoms with van der Waals surface area (Å²) in [5.74, 6) is 1.18. The van der Waals surface area contributed by atoms with Crippen molar-refractivity contribution >= 4 is 48.6 Å². The molecule has 5 heteroatoms. The van der Waals surface area contributed by atoms with Crippen molar-refractivity contribution in [2.24, 2.45) is 0 Å². The smallest absolute Gasteiger partial charge is 0.197 e. The summed E-state index contributed by atoms with van der Waals surface area (Å²) in [5.41, 5.74) is 2.66. The summed E-state index contributed by atoms with van der Waals surface area (Å²) < 4.78 is 13.1. The van der Waals surface area contributed by atoms with Crippen LogP contribution in [0.4, 0.5) is 0 Å². The predicted molar refractivity (Wildman–Crippen MR) is 113 cm³/mol. The fourth-order valence-corrected chi connectivity index (χ4v) is 3.61. The van der Waals surface area contributed by atoms with Gasteiger partial charge in [0.1, 0.15) is 17.1 Å². The Morgan fingerprint density at radius 3 is 2.22 bits per heavy atom. The van der Waals surface area contributed by atoms with Crippen molar-refractivity contribution in [2.45, 2.75) is 0 Å². The number of fused-ring (bicyclic) bond motifs is 1. The van der Waals surface area contributed by atoms with Gasteiger partial charge in [-0.2, -0.15) is 0 Å². The Labute approximate surface area is 173 Å². The second-order valence-corrected chi connectivity index (χ2v) is 7.84. The lowest BCUT2D eigenvalue weighted by Crippen LogP contribution is -2.02. The van der Waals surface area contributed by atoms with Crippen LogP contribution in [0, 0.1) is 0 Å². The summed E-state index contributed by atoms with van der Waals surface area (Å²) in [7, 11) is 1.60. The van der Waals surface area contributed by atoms with E-state index in [1.807, 2.05) is 42.5 Å². The van der Waals surface area contributed by atoms with Crippen LogP contribution in [-0.2, 0) is 0 Å². The lowest BCUT2D eigenvalue weighted by Gasteiger charge is -2.05. The van der Waals surface area contributed by atoms with E-state index in [9.17, 15) is 4.79 Å². The van der Waals surface area contributed by atoms with E-state index in [-0.39, 0.29) is 5.78 Å². The third kappa shape index (κ3) is 3.45. The SMILES string of the molecule is COc1ccc(C(=O)c2c(-c3ccc(Br)cc3)oc3ccc(Br)cc23)cc1. The van der Waals surface area contributed by atoms with Crippen LogP contribution in [0.2, 0.25) is 0 Å². The highest BCUT2D eigenvalue weighted by molar-refractivity contribution is 9.10. The summed E-state index contributed by atoms with van der Waals surface area (Å²) in [6, 6.07) is 20.5. The Balaban J connectivity index is 1.93. The number of furan rings is 1. The molecule has 0 saturated heterocycles. The van der Waals surface area contributed by atoms with Gasteiger partial charge in [-0.15, -0.1) is 0 Å². The molecule has 0 amide bonds. The van der Waals surface area contributed by atoms with Gasteiger partial charge in [-0.3, -0.25) is 4.79 Å². The molecule has 0 bridgehead atoms. The van der Waals surface area contributed by atoms with Crippen molar-refractivity contribution in [3.05, 3.63) is 86.8 Å². The first-order valence-corrected chi connectivity index (χ1v) is 9.82. The Morgan fingerprint density at radius 1 is 0.889 bits per heavy atom. The number of halogens is 2. The Hall–Kier alpha value is -2.37. The van der Waals surface area contributed by atoms with Crippen LogP contribution in [0.3, 0.4) is 0 Å². The number of carbonyl (C=O) groups is 1. The molecule has 4 aromatic rings. The average Bonchev–Trinajstić information content (AvgIpc) is 3.06. The second-order valence-electron chi connectivity index (χ2n) is 6.01. The topological polar surface area (TPSA) is 39.4 Å². The molecule has 0 saturated carbocycles. The first-order chi connectivity index (χ1) is 13.1. The first-order valence-electron chi connectivity index (χ1n) is 8.23. The molecule has 1 aromatic heterocycles. The van der Waals surface area contributed by atoms with Crippen molar-refractivity contribution in [3.8, 4) is 17.1 Å². The van der Waals surface area contributed by atoms with Gasteiger partial charge in [-0.1, -0.05) is 44.0 Å². The van der Waals surface area contributed by atoms with Crippen molar-refractivity contribution < 1.29 is 13.9 Å². The zero-order chi connectivity index (χ0) is 19.0. The minimum atomic E-state index is -0.0904. The molecule has 0 N–H and O–H groups in total. The van der Waals surface area contributed by atoms with E-state index in [4.69, 9.17) is 9.15 Å². The van der Waals surface area contributed by atoms with Crippen molar-refractivity contribution in [2.75, 3.05) is 7.11 Å². The molecule has 134 valence electrons. The standard InChI is InChI=1S/C22H14Br2O3/c1-26-17-9-4-13(5-10-17)21(25)20-18-12-16(24)8-11-19(18)27-22(20)14-2-6-15(23)7-3-14/h2-12H,1H3. The molecule has 0 atom stereocenters. The highest BCUT2D eigenvalue weighted by Crippen LogP contribution is 2.37. The number of carbonyl (C=O) groups excluding carboxylic acids is 1. The Morgan fingerprint density at radius 2 is 1.56 bits per heavy atom. The lowest BCUT2D eigenvalue weighted by molar-refractivity contribution is 0.104. The van der Waals surface area contributed by atoms with E-state index in [1.54, 1.807) is 31.4 Å². The quantitative estimate of drug-likeness (QED) is 0.296. The number of methoxy groups -OCH3 is 1. The van der Waals surface area contributed by atoms with E-state index in [0.29, 0.717) is 28.2 Å². The van der Waals surface area contributed by atoms with E-state index >= 15 is 0 Å². The summed E-state index contributed by atoms with van der Waals surface area (Å²) in [6.45, 7) is 0. The summed E-state index contributed by atoms with van der Waals surface area (Å²) >= 11 is 6.93. The van der Waals surface area contributed by atoms with Crippen LogP contribution in [0.1, 0.15) is 15.9 Å². The van der Waals surface area contributed by atoms with Gasteiger partial charge < -0.3 is 9.15 Å². The zero-order valence-corrected chi connectivity index (χ0v) is 17.5. The summed E-state index contributed by atoms with van der Waals surface area (Å²) in [6.07, 6.45) is 0. The first kappa shape index (κ1) is 18.0. The van der Waals surface area contributed by atoms with Crippen LogP contribution >= 0.6 is 31.9 Å². The molecule has 3 nitrogen and oxygen atoms in total. The zero-order valence-electron chi connectivity index (χ0n) is 14.3. The van der Waals surface area contributed by atoms with E-state index < -0.39 is 0 Å². The lowest BCUT2D eigenvalue weighted by atomic mass is 9.97. The van der Waals surface area contributed by atoms with Crippen LogP contribution in [0.5, 0.6) is 5.75 Å². The highest BCUT2D eigenvalue weighted by atomic mass is 79.9. The van der Waals surface area contributed by atoms with Crippen LogP contribution in [0.25, 0.3) is 22.3 Å². The monoisotopic (exact) mass is 484 g/mol. The number of benzene rings is 3. The second kappa shape index (κ2) is 7.33. The molecular formula is C22H14Br2O3. The largest absolute Gasteiger partial charge is 0.497 e. The third-order valence-electron chi connectivity index (χ3n) is 4.34. The van der Waals surface area contributed by atoms with Gasteiger partial charge in [-0.25, -0.2) is 0 Å². The van der Waals surface area contributed by atoms with Gasteiger partial charge in [-0.05, 0) is 54.6 Å². The molecule has 0 unspecified atom stereocenters. The number of ketones is 1. The summed E-state index contributed by atoms with van der Waals surface area (Å²) in [4.78, 5) is 13.4. The number of rotatable bonds is 4. The number of hydrogen-bond acceptors (Lipinski definition) is 3. The number of ether oxygens (including phenoxy) is 1. The molecule has 3 aromatic carbocycles. The molecule has 1 heterocycles. The maximum Gasteiger partial charge on any atom is 0.197 e. The fraction of sp³-hybridized carbons (Fsp3) is 0.0455. The maximum absolute atomic E-state index is 13.4. The number of hydrogen-bond donors (Lipinski definition) is 0. The van der Waals surface area contributed by atoms with Gasteiger partial charge >= 0.3 is 0 Å². The molecule has 0 radical (unpaired) electrons. The van der Waals surface area contributed by atoms with Crippen molar-refractivity contribution in [1.29, 1.82) is 0 Å². The van der Waals surface area contributed by atoms with E-state index in [0.717, 1.165) is 19.9 Å². The van der Waals surface area contributed by atoms with Gasteiger partial charge in [0.2, 0.25) is 0 Å². The molecule has 0 aliphatic carbocycles. The minimum absolute atomic E-state index is 0.0904. The van der Waals surface area contributed by atoms with Gasteiger partial charge in [0.05, 0.1) is 12.7 Å². The van der Waals surface area contributed by atoms with E-state index in [2.05, 4.69) is 31.9 Å². The highest BCUT2D eigenvalue weighted by Gasteiger charge is 2.23. The van der Waals surface area contributed by atoms with Gasteiger partial charge in [0.15, 0.2) is 5.78 Å². The molecule has 0 aliphatic rings. The van der Waals surface area contributed by atoms with Crippen LogP contribution in [0.15, 0.2) is 80.1 Å². The predicted octanol–water partition coefficient (Wildman–Crippen LogP) is 6.86. The Kier molecular flexibility index (Phi) is 4.89. The molecule has 0 aliphatic heterocycles.